The van der Waals surface area contributed by atoms with Gasteiger partial charge in [-0.3, -0.25) is 4.40 Å². The number of rotatable bonds is 3. The van der Waals surface area contributed by atoms with Crippen LogP contribution >= 0.6 is 27.3 Å². The highest BCUT2D eigenvalue weighted by Crippen LogP contribution is 2.21. The Bertz CT molecular complexity index is 740. The Morgan fingerprint density at radius 1 is 1.47 bits per heavy atom. The molecule has 0 saturated carbocycles. The SMILES string of the molecule is N#Cc1ccc(Br)cc1NCc1cn2ccsc2n1. The molecule has 1 N–H and O–H groups in total. The number of nitrogens with zero attached hydrogens (tertiary/aromatic N) is 3. The highest BCUT2D eigenvalue weighted by molar-refractivity contribution is 9.10. The predicted molar refractivity (Wildman–Crippen MR) is 79.3 cm³/mol. The molecular weight excluding hydrogens is 324 g/mol. The predicted octanol–water partition coefficient (Wildman–Crippen LogP) is 3.64. The zero-order chi connectivity index (χ0) is 13.2. The van der Waals surface area contributed by atoms with E-state index in [0.29, 0.717) is 12.1 Å². The van der Waals surface area contributed by atoms with Crippen LogP contribution in [-0.2, 0) is 6.54 Å². The first-order chi connectivity index (χ1) is 9.26. The number of hydrogen-bond donors (Lipinski definition) is 1. The number of imidazole rings is 1. The van der Waals surface area contributed by atoms with E-state index < -0.39 is 0 Å². The molecule has 0 spiro atoms. The molecule has 6 heteroatoms. The van der Waals surface area contributed by atoms with Crippen LogP contribution in [0.4, 0.5) is 5.69 Å². The summed E-state index contributed by atoms with van der Waals surface area (Å²) in [5.41, 5.74) is 2.40. The zero-order valence-corrected chi connectivity index (χ0v) is 12.2. The fourth-order valence-electron chi connectivity index (χ4n) is 1.81. The second-order valence-corrected chi connectivity index (χ2v) is 5.77. The fourth-order valence-corrected chi connectivity index (χ4v) is 2.89. The van der Waals surface area contributed by atoms with E-state index in [1.165, 1.54) is 0 Å². The number of benzene rings is 1. The van der Waals surface area contributed by atoms with Crippen LogP contribution < -0.4 is 5.32 Å². The second-order valence-electron chi connectivity index (χ2n) is 3.98. The quantitative estimate of drug-likeness (QED) is 0.796. The Hall–Kier alpha value is -1.84. The molecule has 0 bridgehead atoms. The molecule has 0 atom stereocenters. The minimum Gasteiger partial charge on any atom is -0.378 e. The summed E-state index contributed by atoms with van der Waals surface area (Å²) in [6, 6.07) is 7.72. The molecular formula is C13H9BrN4S. The van der Waals surface area contributed by atoms with Crippen molar-refractivity contribution in [3.05, 3.63) is 51.7 Å². The number of fused-ring (bicyclic) bond motifs is 1. The summed E-state index contributed by atoms with van der Waals surface area (Å²) in [4.78, 5) is 5.47. The number of anilines is 1. The number of nitriles is 1. The van der Waals surface area contributed by atoms with Gasteiger partial charge in [-0.15, -0.1) is 11.3 Å². The maximum Gasteiger partial charge on any atom is 0.193 e. The van der Waals surface area contributed by atoms with E-state index in [-0.39, 0.29) is 0 Å². The topological polar surface area (TPSA) is 53.1 Å². The van der Waals surface area contributed by atoms with Crippen LogP contribution in [0.3, 0.4) is 0 Å². The van der Waals surface area contributed by atoms with Crippen molar-refractivity contribution < 1.29 is 0 Å². The summed E-state index contributed by atoms with van der Waals surface area (Å²) < 4.78 is 2.94. The minimum absolute atomic E-state index is 0.597. The Morgan fingerprint density at radius 2 is 2.37 bits per heavy atom. The molecule has 0 unspecified atom stereocenters. The van der Waals surface area contributed by atoms with Gasteiger partial charge in [0.1, 0.15) is 6.07 Å². The highest BCUT2D eigenvalue weighted by atomic mass is 79.9. The van der Waals surface area contributed by atoms with Crippen molar-refractivity contribution in [1.29, 1.82) is 5.26 Å². The molecule has 19 heavy (non-hydrogen) atoms. The largest absolute Gasteiger partial charge is 0.378 e. The molecule has 3 aromatic rings. The van der Waals surface area contributed by atoms with Crippen molar-refractivity contribution in [3.8, 4) is 6.07 Å². The van der Waals surface area contributed by atoms with Gasteiger partial charge in [0.25, 0.3) is 0 Å². The standard InChI is InChI=1S/C13H9BrN4S/c14-10-2-1-9(6-15)12(5-10)16-7-11-8-18-3-4-19-13(18)17-11/h1-5,8,16H,7H2. The molecule has 0 fully saturated rings. The molecule has 3 rings (SSSR count). The van der Waals surface area contributed by atoms with Gasteiger partial charge < -0.3 is 5.32 Å². The molecule has 94 valence electrons. The maximum atomic E-state index is 9.06. The molecule has 0 aliphatic heterocycles. The molecule has 0 radical (unpaired) electrons. The van der Waals surface area contributed by atoms with Crippen molar-refractivity contribution in [2.45, 2.75) is 6.54 Å². The van der Waals surface area contributed by atoms with E-state index in [1.54, 1.807) is 17.4 Å². The van der Waals surface area contributed by atoms with Crippen molar-refractivity contribution in [2.24, 2.45) is 0 Å². The lowest BCUT2D eigenvalue weighted by Crippen LogP contribution is -2.01. The zero-order valence-electron chi connectivity index (χ0n) is 9.80. The van der Waals surface area contributed by atoms with Gasteiger partial charge in [0.15, 0.2) is 4.96 Å². The third-order valence-electron chi connectivity index (χ3n) is 2.71. The first-order valence-electron chi connectivity index (χ1n) is 5.61. The monoisotopic (exact) mass is 332 g/mol. The number of halogens is 1. The Kier molecular flexibility index (Phi) is 3.23. The van der Waals surface area contributed by atoms with E-state index in [1.807, 2.05) is 34.3 Å². The number of thiazole rings is 1. The van der Waals surface area contributed by atoms with E-state index >= 15 is 0 Å². The summed E-state index contributed by atoms with van der Waals surface area (Å²) in [6.07, 6.45) is 3.97. The molecule has 2 aromatic heterocycles. The van der Waals surface area contributed by atoms with Crippen molar-refractivity contribution >= 4 is 37.9 Å². The van der Waals surface area contributed by atoms with Crippen LogP contribution in [0.1, 0.15) is 11.3 Å². The average molecular weight is 333 g/mol. The molecule has 0 aliphatic rings. The van der Waals surface area contributed by atoms with Gasteiger partial charge in [0.2, 0.25) is 0 Å². The first-order valence-corrected chi connectivity index (χ1v) is 7.28. The van der Waals surface area contributed by atoms with E-state index in [4.69, 9.17) is 5.26 Å². The summed E-state index contributed by atoms with van der Waals surface area (Å²) in [5.74, 6) is 0. The summed E-state index contributed by atoms with van der Waals surface area (Å²) in [7, 11) is 0. The van der Waals surface area contributed by atoms with Crippen LogP contribution in [0.15, 0.2) is 40.4 Å². The van der Waals surface area contributed by atoms with Gasteiger partial charge in [0.05, 0.1) is 23.5 Å². The Balaban J connectivity index is 1.81. The summed E-state index contributed by atoms with van der Waals surface area (Å²) in [5, 5.41) is 14.3. The van der Waals surface area contributed by atoms with Crippen LogP contribution in [0, 0.1) is 11.3 Å². The Morgan fingerprint density at radius 3 is 3.16 bits per heavy atom. The van der Waals surface area contributed by atoms with Crippen LogP contribution in [0.2, 0.25) is 0 Å². The van der Waals surface area contributed by atoms with Crippen molar-refractivity contribution in [3.63, 3.8) is 0 Å². The molecule has 0 amide bonds. The van der Waals surface area contributed by atoms with Gasteiger partial charge in [-0.05, 0) is 18.2 Å². The van der Waals surface area contributed by atoms with Crippen LogP contribution in [0.5, 0.6) is 0 Å². The van der Waals surface area contributed by atoms with E-state index in [9.17, 15) is 0 Å². The molecule has 0 aliphatic carbocycles. The summed E-state index contributed by atoms with van der Waals surface area (Å²) >= 11 is 5.01. The van der Waals surface area contributed by atoms with Gasteiger partial charge >= 0.3 is 0 Å². The lowest BCUT2D eigenvalue weighted by Gasteiger charge is -2.06. The molecule has 0 saturated heterocycles. The smallest absolute Gasteiger partial charge is 0.193 e. The lowest BCUT2D eigenvalue weighted by molar-refractivity contribution is 1.08. The summed E-state index contributed by atoms with van der Waals surface area (Å²) in [6.45, 7) is 0.597. The first kappa shape index (κ1) is 12.2. The maximum absolute atomic E-state index is 9.06. The molecule has 2 heterocycles. The number of hydrogen-bond acceptors (Lipinski definition) is 4. The molecule has 1 aromatic carbocycles. The van der Waals surface area contributed by atoms with Gasteiger partial charge in [-0.2, -0.15) is 5.26 Å². The van der Waals surface area contributed by atoms with Gasteiger partial charge in [-0.25, -0.2) is 4.98 Å². The van der Waals surface area contributed by atoms with Crippen molar-refractivity contribution in [1.82, 2.24) is 9.38 Å². The third kappa shape index (κ3) is 2.48. The van der Waals surface area contributed by atoms with E-state index in [2.05, 4.69) is 32.3 Å². The Labute approximate surface area is 122 Å². The highest BCUT2D eigenvalue weighted by Gasteiger charge is 2.05. The lowest BCUT2D eigenvalue weighted by atomic mass is 10.2. The number of nitrogens with one attached hydrogen (secondary N) is 1. The van der Waals surface area contributed by atoms with E-state index in [0.717, 1.165) is 20.8 Å². The fraction of sp³-hybridized carbons (Fsp3) is 0.0769. The molecule has 4 nitrogen and oxygen atoms in total. The van der Waals surface area contributed by atoms with Crippen LogP contribution in [-0.4, -0.2) is 9.38 Å². The van der Waals surface area contributed by atoms with Gasteiger partial charge in [0, 0.05) is 22.2 Å². The van der Waals surface area contributed by atoms with Gasteiger partial charge in [-0.1, -0.05) is 15.9 Å². The van der Waals surface area contributed by atoms with Crippen LogP contribution in [0.25, 0.3) is 4.96 Å². The minimum atomic E-state index is 0.597. The average Bonchev–Trinajstić information content (AvgIpc) is 2.97. The normalized spacial score (nSPS) is 10.5. The third-order valence-corrected chi connectivity index (χ3v) is 3.97. The van der Waals surface area contributed by atoms with Crippen molar-refractivity contribution in [2.75, 3.05) is 5.32 Å². The number of aromatic nitrogens is 2. The second kappa shape index (κ2) is 5.03.